The fourth-order valence-electron chi connectivity index (χ4n) is 1.65. The molecule has 0 unspecified atom stereocenters. The first-order valence-electron chi connectivity index (χ1n) is 5.90. The molecule has 4 nitrogen and oxygen atoms in total. The molecule has 2 rings (SSSR count). The maximum Gasteiger partial charge on any atom is 0.160 e. The molecule has 2 aromatic carbocycles. The van der Waals surface area contributed by atoms with E-state index in [1.807, 2.05) is 43.4 Å². The summed E-state index contributed by atoms with van der Waals surface area (Å²) in [6, 6.07) is 15.0. The van der Waals surface area contributed by atoms with E-state index in [-0.39, 0.29) is 5.75 Å². The van der Waals surface area contributed by atoms with E-state index in [0.29, 0.717) is 5.75 Å². The van der Waals surface area contributed by atoms with Crippen molar-refractivity contribution in [3.05, 3.63) is 54.1 Å². The Bertz CT molecular complexity index is 568. The van der Waals surface area contributed by atoms with Crippen LogP contribution in [0, 0.1) is 0 Å². The lowest BCUT2D eigenvalue weighted by atomic mass is 10.2. The van der Waals surface area contributed by atoms with Gasteiger partial charge in [-0.25, -0.2) is 0 Å². The van der Waals surface area contributed by atoms with Crippen molar-refractivity contribution in [2.75, 3.05) is 19.2 Å². The number of benzene rings is 2. The predicted molar refractivity (Wildman–Crippen MR) is 77.1 cm³/mol. The van der Waals surface area contributed by atoms with E-state index in [1.165, 1.54) is 7.11 Å². The zero-order chi connectivity index (χ0) is 13.7. The highest BCUT2D eigenvalue weighted by atomic mass is 16.5. The molecule has 0 aliphatic heterocycles. The number of ether oxygens (including phenoxy) is 1. The number of phenols is 1. The van der Waals surface area contributed by atoms with Gasteiger partial charge in [-0.15, -0.1) is 0 Å². The molecule has 98 valence electrons. The highest BCUT2D eigenvalue weighted by Gasteiger charge is 2.01. The Hall–Kier alpha value is -2.49. The molecule has 0 saturated carbocycles. The smallest absolute Gasteiger partial charge is 0.160 e. The Morgan fingerprint density at radius 2 is 1.89 bits per heavy atom. The van der Waals surface area contributed by atoms with Gasteiger partial charge in [-0.2, -0.15) is 5.10 Å². The third-order valence-electron chi connectivity index (χ3n) is 2.71. The van der Waals surface area contributed by atoms with Crippen LogP contribution in [0.1, 0.15) is 5.56 Å². The minimum Gasteiger partial charge on any atom is -0.504 e. The van der Waals surface area contributed by atoms with Crippen molar-refractivity contribution in [3.63, 3.8) is 0 Å². The van der Waals surface area contributed by atoms with E-state index in [9.17, 15) is 5.11 Å². The van der Waals surface area contributed by atoms with E-state index in [4.69, 9.17) is 4.74 Å². The minimum atomic E-state index is 0.105. The molecule has 0 heterocycles. The second-order valence-corrected chi connectivity index (χ2v) is 4.04. The third-order valence-corrected chi connectivity index (χ3v) is 2.71. The summed E-state index contributed by atoms with van der Waals surface area (Å²) in [6.45, 7) is 0. The van der Waals surface area contributed by atoms with Gasteiger partial charge in [0.15, 0.2) is 11.5 Å². The Kier molecular flexibility index (Phi) is 4.03. The SMILES string of the molecule is COc1ccc(C=NN(C)c2ccccc2)cc1O. The molecule has 2 aromatic rings. The highest BCUT2D eigenvalue weighted by Crippen LogP contribution is 2.25. The van der Waals surface area contributed by atoms with Crippen LogP contribution in [0.2, 0.25) is 0 Å². The molecule has 4 heteroatoms. The number of para-hydroxylation sites is 1. The molecule has 0 atom stereocenters. The highest BCUT2D eigenvalue weighted by molar-refractivity contribution is 5.81. The average molecular weight is 256 g/mol. The van der Waals surface area contributed by atoms with Crippen LogP contribution in [-0.2, 0) is 0 Å². The van der Waals surface area contributed by atoms with Gasteiger partial charge in [-0.3, -0.25) is 5.01 Å². The molecule has 19 heavy (non-hydrogen) atoms. The van der Waals surface area contributed by atoms with Gasteiger partial charge in [0.25, 0.3) is 0 Å². The van der Waals surface area contributed by atoms with E-state index < -0.39 is 0 Å². The van der Waals surface area contributed by atoms with E-state index in [0.717, 1.165) is 11.3 Å². The number of nitrogens with zero attached hydrogens (tertiary/aromatic N) is 2. The lowest BCUT2D eigenvalue weighted by molar-refractivity contribution is 0.373. The molecule has 0 fully saturated rings. The number of phenolic OH excluding ortho intramolecular Hbond substituents is 1. The largest absolute Gasteiger partial charge is 0.504 e. The molecule has 0 spiro atoms. The molecule has 0 aromatic heterocycles. The predicted octanol–water partition coefficient (Wildman–Crippen LogP) is 2.87. The van der Waals surface area contributed by atoms with Gasteiger partial charge in [0, 0.05) is 7.05 Å². The van der Waals surface area contributed by atoms with Crippen molar-refractivity contribution < 1.29 is 9.84 Å². The Morgan fingerprint density at radius 1 is 1.16 bits per heavy atom. The fourth-order valence-corrected chi connectivity index (χ4v) is 1.65. The van der Waals surface area contributed by atoms with Crippen molar-refractivity contribution in [3.8, 4) is 11.5 Å². The van der Waals surface area contributed by atoms with Crippen molar-refractivity contribution >= 4 is 11.9 Å². The van der Waals surface area contributed by atoms with Crippen LogP contribution in [0.5, 0.6) is 11.5 Å². The van der Waals surface area contributed by atoms with E-state index in [2.05, 4.69) is 5.10 Å². The minimum absolute atomic E-state index is 0.105. The lowest BCUT2D eigenvalue weighted by Crippen LogP contribution is -2.08. The van der Waals surface area contributed by atoms with Crippen LogP contribution in [0.3, 0.4) is 0 Å². The van der Waals surface area contributed by atoms with Gasteiger partial charge in [-0.05, 0) is 35.9 Å². The molecule has 0 bridgehead atoms. The molecule has 0 saturated heterocycles. The average Bonchev–Trinajstić information content (AvgIpc) is 2.46. The van der Waals surface area contributed by atoms with Crippen molar-refractivity contribution in [2.45, 2.75) is 0 Å². The lowest BCUT2D eigenvalue weighted by Gasteiger charge is -2.12. The van der Waals surface area contributed by atoms with Gasteiger partial charge in [0.2, 0.25) is 0 Å². The van der Waals surface area contributed by atoms with Crippen LogP contribution in [0.4, 0.5) is 5.69 Å². The van der Waals surface area contributed by atoms with Crippen LogP contribution in [0.25, 0.3) is 0 Å². The molecular weight excluding hydrogens is 240 g/mol. The number of hydrogen-bond donors (Lipinski definition) is 1. The number of rotatable bonds is 4. The third kappa shape index (κ3) is 3.25. The summed E-state index contributed by atoms with van der Waals surface area (Å²) in [5.41, 5.74) is 1.80. The van der Waals surface area contributed by atoms with Gasteiger partial charge in [-0.1, -0.05) is 18.2 Å². The molecular formula is C15H16N2O2. The first-order chi connectivity index (χ1) is 9.20. The summed E-state index contributed by atoms with van der Waals surface area (Å²) < 4.78 is 4.99. The first-order valence-corrected chi connectivity index (χ1v) is 5.90. The Balaban J connectivity index is 2.12. The number of anilines is 1. The van der Waals surface area contributed by atoms with Crippen LogP contribution in [-0.4, -0.2) is 25.5 Å². The molecule has 0 radical (unpaired) electrons. The Morgan fingerprint density at radius 3 is 2.53 bits per heavy atom. The molecule has 1 N–H and O–H groups in total. The van der Waals surface area contributed by atoms with Gasteiger partial charge in [0.1, 0.15) is 0 Å². The van der Waals surface area contributed by atoms with Gasteiger partial charge < -0.3 is 9.84 Å². The summed E-state index contributed by atoms with van der Waals surface area (Å²) >= 11 is 0. The maximum atomic E-state index is 9.67. The topological polar surface area (TPSA) is 45.1 Å². The van der Waals surface area contributed by atoms with Crippen molar-refractivity contribution in [1.82, 2.24) is 0 Å². The van der Waals surface area contributed by atoms with Crippen LogP contribution >= 0.6 is 0 Å². The summed E-state index contributed by atoms with van der Waals surface area (Å²) in [6.07, 6.45) is 1.69. The quantitative estimate of drug-likeness (QED) is 0.675. The summed E-state index contributed by atoms with van der Waals surface area (Å²) in [5.74, 6) is 0.558. The van der Waals surface area contributed by atoms with Gasteiger partial charge in [0.05, 0.1) is 19.0 Å². The molecule has 0 aliphatic rings. The summed E-state index contributed by atoms with van der Waals surface area (Å²) in [5, 5.41) is 15.8. The maximum absolute atomic E-state index is 9.67. The monoisotopic (exact) mass is 256 g/mol. The zero-order valence-corrected chi connectivity index (χ0v) is 10.9. The van der Waals surface area contributed by atoms with E-state index >= 15 is 0 Å². The first kappa shape index (κ1) is 13.0. The molecule has 0 aliphatic carbocycles. The summed E-state index contributed by atoms with van der Waals surface area (Å²) in [4.78, 5) is 0. The van der Waals surface area contributed by atoms with Crippen LogP contribution < -0.4 is 9.75 Å². The number of hydrazone groups is 1. The second-order valence-electron chi connectivity index (χ2n) is 4.04. The van der Waals surface area contributed by atoms with Crippen molar-refractivity contribution in [2.24, 2.45) is 5.10 Å². The second kappa shape index (κ2) is 5.91. The van der Waals surface area contributed by atoms with Crippen LogP contribution in [0.15, 0.2) is 53.6 Å². The standard InChI is InChI=1S/C15H16N2O2/c1-17(13-6-4-3-5-7-13)16-11-12-8-9-15(19-2)14(18)10-12/h3-11,18H,1-2H3. The zero-order valence-electron chi connectivity index (χ0n) is 10.9. The molecule has 0 amide bonds. The van der Waals surface area contributed by atoms with E-state index in [1.54, 1.807) is 23.4 Å². The number of aromatic hydroxyl groups is 1. The number of methoxy groups -OCH3 is 1. The Labute approximate surface area is 112 Å². The summed E-state index contributed by atoms with van der Waals surface area (Å²) in [7, 11) is 3.39. The van der Waals surface area contributed by atoms with Crippen molar-refractivity contribution in [1.29, 1.82) is 0 Å². The van der Waals surface area contributed by atoms with Gasteiger partial charge >= 0.3 is 0 Å². The number of hydrogen-bond acceptors (Lipinski definition) is 4. The normalized spacial score (nSPS) is 10.6. The fraction of sp³-hybridized carbons (Fsp3) is 0.133.